The summed E-state index contributed by atoms with van der Waals surface area (Å²) in [6, 6.07) is -0.315. The van der Waals surface area contributed by atoms with Crippen LogP contribution in [-0.4, -0.2) is 41.2 Å². The van der Waals surface area contributed by atoms with Crippen LogP contribution in [-0.2, 0) is 0 Å². The molecular weight excluding hydrogens is 242 g/mol. The molecule has 1 saturated heterocycles. The van der Waals surface area contributed by atoms with Gasteiger partial charge in [-0.15, -0.1) is 0 Å². The van der Waals surface area contributed by atoms with Gasteiger partial charge in [0.15, 0.2) is 0 Å². The van der Waals surface area contributed by atoms with E-state index in [0.717, 1.165) is 4.90 Å². The Morgan fingerprint density at radius 1 is 1.56 bits per heavy atom. The number of nitrogens with zero attached hydrogens (tertiary/aromatic N) is 1. The van der Waals surface area contributed by atoms with E-state index in [9.17, 15) is 13.6 Å². The van der Waals surface area contributed by atoms with Gasteiger partial charge in [0.25, 0.3) is 5.92 Å². The molecule has 3 N–H and O–H groups in total. The fourth-order valence-electron chi connectivity index (χ4n) is 2.10. The fraction of sp³-hybridized carbons (Fsp3) is 0.917. The molecule has 1 fully saturated rings. The summed E-state index contributed by atoms with van der Waals surface area (Å²) < 4.78 is 27.7. The molecule has 2 unspecified atom stereocenters. The molecule has 1 aliphatic rings. The van der Waals surface area contributed by atoms with E-state index in [4.69, 9.17) is 10.8 Å². The standard InChI is InChI=1S/C12H22F2N2O2/c1-11(2,3)9(15)6-8-4-5-16(10(17)18)7-12(8,13)14/h8-9H,4-7,15H2,1-3H3,(H,17,18). The number of carbonyl (C=O) groups is 1. The van der Waals surface area contributed by atoms with Crippen LogP contribution in [0.5, 0.6) is 0 Å². The van der Waals surface area contributed by atoms with Gasteiger partial charge >= 0.3 is 6.09 Å². The third-order valence-corrected chi connectivity index (χ3v) is 3.67. The van der Waals surface area contributed by atoms with Gasteiger partial charge in [-0.05, 0) is 18.3 Å². The second-order valence-electron chi connectivity index (χ2n) is 6.16. The number of piperidine rings is 1. The zero-order valence-electron chi connectivity index (χ0n) is 11.1. The quantitative estimate of drug-likeness (QED) is 0.804. The lowest BCUT2D eigenvalue weighted by molar-refractivity contribution is -0.110. The Kier molecular flexibility index (Phi) is 4.20. The van der Waals surface area contributed by atoms with Crippen LogP contribution < -0.4 is 5.73 Å². The van der Waals surface area contributed by atoms with E-state index >= 15 is 0 Å². The summed E-state index contributed by atoms with van der Waals surface area (Å²) in [6.07, 6.45) is -0.888. The van der Waals surface area contributed by atoms with Gasteiger partial charge in [-0.2, -0.15) is 0 Å². The minimum absolute atomic E-state index is 0.159. The lowest BCUT2D eigenvalue weighted by Crippen LogP contribution is -2.52. The number of rotatable bonds is 2. The number of amides is 1. The van der Waals surface area contributed by atoms with E-state index < -0.39 is 24.5 Å². The molecule has 106 valence electrons. The zero-order chi connectivity index (χ0) is 14.1. The van der Waals surface area contributed by atoms with Crippen molar-refractivity contribution in [1.82, 2.24) is 4.90 Å². The first-order chi connectivity index (χ1) is 8.04. The monoisotopic (exact) mass is 264 g/mol. The van der Waals surface area contributed by atoms with E-state index in [2.05, 4.69) is 0 Å². The highest BCUT2D eigenvalue weighted by atomic mass is 19.3. The lowest BCUT2D eigenvalue weighted by atomic mass is 9.78. The molecule has 0 aromatic carbocycles. The summed E-state index contributed by atoms with van der Waals surface area (Å²) >= 11 is 0. The molecule has 2 atom stereocenters. The van der Waals surface area contributed by atoms with Gasteiger partial charge in [0, 0.05) is 18.5 Å². The molecule has 0 aromatic rings. The van der Waals surface area contributed by atoms with Crippen LogP contribution in [0, 0.1) is 11.3 Å². The van der Waals surface area contributed by atoms with Gasteiger partial charge in [-0.1, -0.05) is 20.8 Å². The van der Waals surface area contributed by atoms with Crippen LogP contribution >= 0.6 is 0 Å². The first-order valence-electron chi connectivity index (χ1n) is 6.15. The molecule has 0 radical (unpaired) electrons. The zero-order valence-corrected chi connectivity index (χ0v) is 11.1. The van der Waals surface area contributed by atoms with Gasteiger partial charge in [-0.3, -0.25) is 0 Å². The fourth-order valence-corrected chi connectivity index (χ4v) is 2.10. The third-order valence-electron chi connectivity index (χ3n) is 3.67. The summed E-state index contributed by atoms with van der Waals surface area (Å²) in [4.78, 5) is 11.5. The number of likely N-dealkylation sites (tertiary alicyclic amines) is 1. The highest BCUT2D eigenvalue weighted by Gasteiger charge is 2.46. The average molecular weight is 264 g/mol. The van der Waals surface area contributed by atoms with E-state index in [-0.39, 0.29) is 30.8 Å². The van der Waals surface area contributed by atoms with Crippen LogP contribution in [0.2, 0.25) is 0 Å². The van der Waals surface area contributed by atoms with Crippen molar-refractivity contribution in [2.45, 2.75) is 45.6 Å². The van der Waals surface area contributed by atoms with E-state index in [0.29, 0.717) is 0 Å². The minimum Gasteiger partial charge on any atom is -0.465 e. The Hall–Kier alpha value is -0.910. The van der Waals surface area contributed by atoms with Crippen LogP contribution in [0.4, 0.5) is 13.6 Å². The number of halogens is 2. The van der Waals surface area contributed by atoms with E-state index in [1.165, 1.54) is 0 Å². The minimum atomic E-state index is -2.99. The first kappa shape index (κ1) is 15.1. The molecule has 0 aromatic heterocycles. The molecule has 0 spiro atoms. The topological polar surface area (TPSA) is 66.6 Å². The first-order valence-corrected chi connectivity index (χ1v) is 6.15. The molecular formula is C12H22F2N2O2. The number of carboxylic acid groups (broad SMARTS) is 1. The van der Waals surface area contributed by atoms with Crippen molar-refractivity contribution in [2.24, 2.45) is 17.1 Å². The Bertz CT molecular complexity index is 316. The number of hydrogen-bond donors (Lipinski definition) is 2. The second kappa shape index (κ2) is 4.99. The number of alkyl halides is 2. The molecule has 1 amide bonds. The third kappa shape index (κ3) is 3.54. The summed E-state index contributed by atoms with van der Waals surface area (Å²) in [5.41, 5.74) is 5.71. The summed E-state index contributed by atoms with van der Waals surface area (Å²) in [6.45, 7) is 5.20. The molecule has 1 rings (SSSR count). The van der Waals surface area contributed by atoms with Crippen molar-refractivity contribution >= 4 is 6.09 Å². The molecule has 0 aliphatic carbocycles. The molecule has 6 heteroatoms. The lowest BCUT2D eigenvalue weighted by Gasteiger charge is -2.39. The highest BCUT2D eigenvalue weighted by molar-refractivity contribution is 5.65. The largest absolute Gasteiger partial charge is 0.465 e. The maximum Gasteiger partial charge on any atom is 0.407 e. The number of nitrogens with two attached hydrogens (primary N) is 1. The predicted molar refractivity (Wildman–Crippen MR) is 64.7 cm³/mol. The van der Waals surface area contributed by atoms with E-state index in [1.807, 2.05) is 20.8 Å². The maximum absolute atomic E-state index is 13.9. The van der Waals surface area contributed by atoms with Crippen molar-refractivity contribution in [3.05, 3.63) is 0 Å². The molecule has 0 saturated carbocycles. The molecule has 18 heavy (non-hydrogen) atoms. The van der Waals surface area contributed by atoms with Crippen molar-refractivity contribution < 1.29 is 18.7 Å². The Morgan fingerprint density at radius 3 is 2.50 bits per heavy atom. The van der Waals surface area contributed by atoms with Crippen LogP contribution in [0.1, 0.15) is 33.6 Å². The van der Waals surface area contributed by atoms with Gasteiger partial charge in [0.05, 0.1) is 6.54 Å². The normalized spacial score (nSPS) is 25.9. The summed E-state index contributed by atoms with van der Waals surface area (Å²) in [5, 5.41) is 8.74. The van der Waals surface area contributed by atoms with Crippen molar-refractivity contribution in [2.75, 3.05) is 13.1 Å². The molecule has 1 heterocycles. The summed E-state index contributed by atoms with van der Waals surface area (Å²) in [5.74, 6) is -3.82. The van der Waals surface area contributed by atoms with Gasteiger partial charge in [0.1, 0.15) is 0 Å². The molecule has 0 bridgehead atoms. The number of hydrogen-bond acceptors (Lipinski definition) is 2. The van der Waals surface area contributed by atoms with Gasteiger partial charge in [0.2, 0.25) is 0 Å². The Morgan fingerprint density at radius 2 is 2.11 bits per heavy atom. The molecule has 4 nitrogen and oxygen atoms in total. The Labute approximate surface area is 106 Å². The highest BCUT2D eigenvalue weighted by Crippen LogP contribution is 2.37. The van der Waals surface area contributed by atoms with E-state index in [1.54, 1.807) is 0 Å². The van der Waals surface area contributed by atoms with Crippen molar-refractivity contribution in [3.8, 4) is 0 Å². The smallest absolute Gasteiger partial charge is 0.407 e. The van der Waals surface area contributed by atoms with Gasteiger partial charge < -0.3 is 15.7 Å². The maximum atomic E-state index is 13.9. The molecule has 1 aliphatic heterocycles. The van der Waals surface area contributed by atoms with Crippen LogP contribution in [0.15, 0.2) is 0 Å². The van der Waals surface area contributed by atoms with Crippen LogP contribution in [0.25, 0.3) is 0 Å². The van der Waals surface area contributed by atoms with Crippen molar-refractivity contribution in [1.29, 1.82) is 0 Å². The predicted octanol–water partition coefficient (Wildman–Crippen LogP) is 2.39. The summed E-state index contributed by atoms with van der Waals surface area (Å²) in [7, 11) is 0. The Balaban J connectivity index is 2.67. The van der Waals surface area contributed by atoms with Gasteiger partial charge in [-0.25, -0.2) is 13.6 Å². The average Bonchev–Trinajstić information content (AvgIpc) is 2.18. The second-order valence-corrected chi connectivity index (χ2v) is 6.16. The van der Waals surface area contributed by atoms with Crippen LogP contribution in [0.3, 0.4) is 0 Å². The SMILES string of the molecule is CC(C)(C)C(N)CC1CCN(C(=O)O)CC1(F)F. The van der Waals surface area contributed by atoms with Crippen molar-refractivity contribution in [3.63, 3.8) is 0 Å².